The van der Waals surface area contributed by atoms with Gasteiger partial charge in [-0.15, -0.1) is 0 Å². The van der Waals surface area contributed by atoms with Gasteiger partial charge in [-0.2, -0.15) is 0 Å². The Balaban J connectivity index is 1.58. The molecule has 1 aromatic carbocycles. The normalized spacial score (nSPS) is 17.1. The van der Waals surface area contributed by atoms with Gasteiger partial charge in [0.2, 0.25) is 11.8 Å². The molecule has 0 bridgehead atoms. The number of nitrogens with zero attached hydrogens (tertiary/aromatic N) is 4. The number of hydrogen-bond donors (Lipinski definition) is 2. The van der Waals surface area contributed by atoms with E-state index < -0.39 is 5.82 Å². The van der Waals surface area contributed by atoms with Crippen LogP contribution in [0.15, 0.2) is 42.7 Å². The summed E-state index contributed by atoms with van der Waals surface area (Å²) in [7, 11) is 0. The molecule has 1 aliphatic rings. The molecule has 0 radical (unpaired) electrons. The van der Waals surface area contributed by atoms with Crippen molar-refractivity contribution in [3.63, 3.8) is 0 Å². The summed E-state index contributed by atoms with van der Waals surface area (Å²) in [6.45, 7) is 8.69. The minimum Gasteiger partial charge on any atom is -0.434 e. The van der Waals surface area contributed by atoms with Crippen LogP contribution in [0.4, 0.5) is 16.0 Å². The van der Waals surface area contributed by atoms with Gasteiger partial charge in [0.05, 0.1) is 22.0 Å². The number of benzene rings is 1. The van der Waals surface area contributed by atoms with Crippen LogP contribution in [-0.4, -0.2) is 44.5 Å². The summed E-state index contributed by atoms with van der Waals surface area (Å²) in [5.41, 5.74) is 6.91. The van der Waals surface area contributed by atoms with E-state index in [1.54, 1.807) is 30.6 Å². The van der Waals surface area contributed by atoms with Crippen molar-refractivity contribution in [3.05, 3.63) is 53.6 Å². The fourth-order valence-electron chi connectivity index (χ4n) is 3.87. The summed E-state index contributed by atoms with van der Waals surface area (Å²) in [5, 5.41) is 3.57. The van der Waals surface area contributed by atoms with E-state index in [1.165, 1.54) is 12.1 Å². The number of nitrogens with two attached hydrogens (primary N) is 1. The first-order chi connectivity index (χ1) is 15.7. The van der Waals surface area contributed by atoms with E-state index in [2.05, 4.69) is 45.9 Å². The quantitative estimate of drug-likeness (QED) is 0.484. The van der Waals surface area contributed by atoms with Crippen molar-refractivity contribution < 1.29 is 9.13 Å². The van der Waals surface area contributed by atoms with Crippen molar-refractivity contribution in [2.75, 3.05) is 24.1 Å². The van der Waals surface area contributed by atoms with Crippen molar-refractivity contribution in [2.24, 2.45) is 0 Å². The van der Waals surface area contributed by atoms with Crippen LogP contribution in [0.5, 0.6) is 11.6 Å². The van der Waals surface area contributed by atoms with E-state index in [9.17, 15) is 4.39 Å². The number of nitrogens with one attached hydrogen (secondary N) is 1. The van der Waals surface area contributed by atoms with Gasteiger partial charge in [0.25, 0.3) is 0 Å². The maximum absolute atomic E-state index is 14.5. The second kappa shape index (κ2) is 9.49. The number of aromatic nitrogens is 3. The smallest absolute Gasteiger partial charge is 0.228 e. The van der Waals surface area contributed by atoms with Crippen molar-refractivity contribution in [1.29, 1.82) is 0 Å². The summed E-state index contributed by atoms with van der Waals surface area (Å²) >= 11 is 6.14. The second-order valence-electron chi connectivity index (χ2n) is 9.10. The molecule has 174 valence electrons. The average Bonchev–Trinajstić information content (AvgIpc) is 2.79. The van der Waals surface area contributed by atoms with Crippen molar-refractivity contribution >= 4 is 23.2 Å². The fourth-order valence-corrected chi connectivity index (χ4v) is 4.05. The molecule has 0 spiro atoms. The number of likely N-dealkylation sites (tertiary alicyclic amines) is 1. The van der Waals surface area contributed by atoms with E-state index in [0.717, 1.165) is 25.9 Å². The minimum absolute atomic E-state index is 0.0582. The highest BCUT2D eigenvalue weighted by atomic mass is 35.5. The molecule has 3 N–H and O–H groups in total. The van der Waals surface area contributed by atoms with Gasteiger partial charge in [0.15, 0.2) is 11.6 Å². The summed E-state index contributed by atoms with van der Waals surface area (Å²) in [6, 6.07) is 8.44. The number of rotatable bonds is 5. The molecular formula is C24H28ClFN6O. The third-order valence-corrected chi connectivity index (χ3v) is 5.98. The van der Waals surface area contributed by atoms with E-state index >= 15 is 0 Å². The molecule has 1 fully saturated rings. The highest BCUT2D eigenvalue weighted by Crippen LogP contribution is 2.37. The first-order valence-corrected chi connectivity index (χ1v) is 11.3. The van der Waals surface area contributed by atoms with Gasteiger partial charge in [-0.25, -0.2) is 19.3 Å². The topological polar surface area (TPSA) is 89.2 Å². The van der Waals surface area contributed by atoms with Crippen LogP contribution >= 0.6 is 11.6 Å². The van der Waals surface area contributed by atoms with E-state index in [1.807, 2.05) is 0 Å². The summed E-state index contributed by atoms with van der Waals surface area (Å²) in [6.07, 6.45) is 5.40. The Hall–Kier alpha value is -2.97. The molecule has 9 heteroatoms. The first-order valence-electron chi connectivity index (χ1n) is 10.9. The Kier molecular flexibility index (Phi) is 6.67. The second-order valence-corrected chi connectivity index (χ2v) is 9.51. The number of pyridine rings is 1. The number of ether oxygens (including phenoxy) is 1. The molecule has 4 rings (SSSR count). The van der Waals surface area contributed by atoms with Gasteiger partial charge in [0.1, 0.15) is 0 Å². The van der Waals surface area contributed by atoms with Crippen LogP contribution in [-0.2, 0) is 0 Å². The molecule has 33 heavy (non-hydrogen) atoms. The molecule has 1 unspecified atom stereocenters. The predicted octanol–water partition coefficient (Wildman–Crippen LogP) is 5.38. The standard InChI is InChI=1S/C24H28ClFN6O/c1-24(2,3)32-13-5-6-15(14-32)30-23-29-12-10-19(31-23)16-7-4-11-28-22(16)33-21-17(25)8-9-18(27)20(21)26/h4,7-12,15H,5-6,13-14,27H2,1-3H3,(H,29,30,31). The average molecular weight is 471 g/mol. The lowest BCUT2D eigenvalue weighted by molar-refractivity contribution is 0.104. The third-order valence-electron chi connectivity index (χ3n) is 5.68. The van der Waals surface area contributed by atoms with Crippen molar-refractivity contribution in [1.82, 2.24) is 19.9 Å². The lowest BCUT2D eigenvalue weighted by Gasteiger charge is -2.41. The lowest BCUT2D eigenvalue weighted by Crippen LogP contribution is -2.50. The summed E-state index contributed by atoms with van der Waals surface area (Å²) < 4.78 is 20.3. The van der Waals surface area contributed by atoms with Crippen molar-refractivity contribution in [3.8, 4) is 22.9 Å². The van der Waals surface area contributed by atoms with E-state index in [0.29, 0.717) is 17.2 Å². The Bertz CT molecular complexity index is 1140. The van der Waals surface area contributed by atoms with Crippen LogP contribution in [0.1, 0.15) is 33.6 Å². The largest absolute Gasteiger partial charge is 0.434 e. The van der Waals surface area contributed by atoms with Crippen LogP contribution in [0.25, 0.3) is 11.3 Å². The molecule has 2 aromatic heterocycles. The van der Waals surface area contributed by atoms with Gasteiger partial charge in [-0.3, -0.25) is 4.90 Å². The third kappa shape index (κ3) is 5.34. The number of piperidine rings is 1. The maximum atomic E-state index is 14.5. The number of anilines is 2. The molecule has 1 saturated heterocycles. The summed E-state index contributed by atoms with van der Waals surface area (Å²) in [4.78, 5) is 15.8. The van der Waals surface area contributed by atoms with Crippen LogP contribution in [0.2, 0.25) is 5.02 Å². The number of hydrogen-bond acceptors (Lipinski definition) is 7. The molecule has 0 amide bonds. The Morgan fingerprint density at radius 2 is 2.00 bits per heavy atom. The monoisotopic (exact) mass is 470 g/mol. The summed E-state index contributed by atoms with van der Waals surface area (Å²) in [5.74, 6) is -0.209. The minimum atomic E-state index is -0.732. The number of nitrogen functional groups attached to an aromatic ring is 1. The van der Waals surface area contributed by atoms with Crippen LogP contribution in [0.3, 0.4) is 0 Å². The molecule has 1 atom stereocenters. The zero-order chi connectivity index (χ0) is 23.6. The SMILES string of the molecule is CC(C)(C)N1CCCC(Nc2nccc(-c3cccnc3Oc3c(Cl)ccc(N)c3F)n2)C1. The van der Waals surface area contributed by atoms with Gasteiger partial charge in [0, 0.05) is 30.5 Å². The highest BCUT2D eigenvalue weighted by Gasteiger charge is 2.28. The van der Waals surface area contributed by atoms with Gasteiger partial charge in [-0.1, -0.05) is 11.6 Å². The van der Waals surface area contributed by atoms with E-state index in [4.69, 9.17) is 22.1 Å². The Morgan fingerprint density at radius 3 is 2.79 bits per heavy atom. The van der Waals surface area contributed by atoms with Gasteiger partial charge in [-0.05, 0) is 70.5 Å². The van der Waals surface area contributed by atoms with Crippen molar-refractivity contribution in [2.45, 2.75) is 45.2 Å². The molecule has 3 aromatic rings. The molecule has 7 nitrogen and oxygen atoms in total. The molecule has 0 saturated carbocycles. The Morgan fingerprint density at radius 1 is 1.18 bits per heavy atom. The molecule has 3 heterocycles. The fraction of sp³-hybridized carbons (Fsp3) is 0.375. The molecule has 0 aliphatic carbocycles. The van der Waals surface area contributed by atoms with Crippen LogP contribution in [0, 0.1) is 5.82 Å². The molecule has 1 aliphatic heterocycles. The van der Waals surface area contributed by atoms with Crippen LogP contribution < -0.4 is 15.8 Å². The zero-order valence-corrected chi connectivity index (χ0v) is 19.7. The number of halogens is 2. The zero-order valence-electron chi connectivity index (χ0n) is 19.0. The molecular weight excluding hydrogens is 443 g/mol. The van der Waals surface area contributed by atoms with Gasteiger partial charge >= 0.3 is 0 Å². The van der Waals surface area contributed by atoms with E-state index in [-0.39, 0.29) is 33.9 Å². The van der Waals surface area contributed by atoms with Gasteiger partial charge < -0.3 is 15.8 Å². The lowest BCUT2D eigenvalue weighted by atomic mass is 9.98. The predicted molar refractivity (Wildman–Crippen MR) is 129 cm³/mol. The highest BCUT2D eigenvalue weighted by molar-refractivity contribution is 6.32. The maximum Gasteiger partial charge on any atom is 0.228 e. The Labute approximate surface area is 198 Å². The first kappa shape index (κ1) is 23.2.